The lowest BCUT2D eigenvalue weighted by molar-refractivity contribution is -0.137. The molecule has 1 aliphatic rings. The van der Waals surface area contributed by atoms with Crippen molar-refractivity contribution in [3.05, 3.63) is 35.4 Å². The van der Waals surface area contributed by atoms with Crippen molar-refractivity contribution < 1.29 is 18.0 Å². The Balaban J connectivity index is 0.00000242. The number of alkyl halides is 3. The highest BCUT2D eigenvalue weighted by Gasteiger charge is 2.38. The first-order chi connectivity index (χ1) is 9.71. The number of hydrogen-bond acceptors (Lipinski definition) is 2. The van der Waals surface area contributed by atoms with Crippen LogP contribution in [0.4, 0.5) is 13.2 Å². The van der Waals surface area contributed by atoms with Crippen molar-refractivity contribution in [2.75, 3.05) is 0 Å². The van der Waals surface area contributed by atoms with Crippen LogP contribution in [-0.4, -0.2) is 22.9 Å². The van der Waals surface area contributed by atoms with Crippen molar-refractivity contribution in [2.45, 2.75) is 51.0 Å². The third kappa shape index (κ3) is 4.14. The van der Waals surface area contributed by atoms with Gasteiger partial charge in [-0.05, 0) is 44.4 Å². The van der Waals surface area contributed by atoms with Crippen LogP contribution in [0.2, 0.25) is 0 Å². The second kappa shape index (κ2) is 6.87. The second-order valence-electron chi connectivity index (χ2n) is 5.56. The topological polar surface area (TPSA) is 46.3 Å². The van der Waals surface area contributed by atoms with Crippen LogP contribution in [0.15, 0.2) is 24.3 Å². The summed E-state index contributed by atoms with van der Waals surface area (Å²) in [5.41, 5.74) is 5.43. The molecular weight excluding hydrogens is 317 g/mol. The van der Waals surface area contributed by atoms with E-state index in [9.17, 15) is 18.0 Å². The number of amides is 1. The molecule has 1 aromatic rings. The SMILES string of the molecule is CC(c1cccc(C(F)(F)F)c1)N(C(=O)[C@H](C)N)C1CC1.Cl. The van der Waals surface area contributed by atoms with Gasteiger partial charge >= 0.3 is 6.18 Å². The summed E-state index contributed by atoms with van der Waals surface area (Å²) in [7, 11) is 0. The number of carbonyl (C=O) groups excluding carboxylic acids is 1. The lowest BCUT2D eigenvalue weighted by atomic mass is 10.0. The van der Waals surface area contributed by atoms with Crippen molar-refractivity contribution >= 4 is 18.3 Å². The molecule has 0 aliphatic heterocycles. The minimum absolute atomic E-state index is 0. The monoisotopic (exact) mass is 336 g/mol. The van der Waals surface area contributed by atoms with E-state index in [1.165, 1.54) is 6.07 Å². The molecule has 2 atom stereocenters. The van der Waals surface area contributed by atoms with Gasteiger partial charge in [-0.3, -0.25) is 4.79 Å². The number of halogens is 4. The third-order valence-corrected chi connectivity index (χ3v) is 3.70. The number of carbonyl (C=O) groups is 1. The van der Waals surface area contributed by atoms with Crippen LogP contribution in [0.3, 0.4) is 0 Å². The summed E-state index contributed by atoms with van der Waals surface area (Å²) in [6.07, 6.45) is -2.63. The molecule has 3 nitrogen and oxygen atoms in total. The fourth-order valence-corrected chi connectivity index (χ4v) is 2.41. The van der Waals surface area contributed by atoms with E-state index in [-0.39, 0.29) is 24.4 Å². The zero-order valence-corrected chi connectivity index (χ0v) is 13.2. The lowest BCUT2D eigenvalue weighted by Crippen LogP contribution is -2.44. The van der Waals surface area contributed by atoms with Gasteiger partial charge in [0, 0.05) is 6.04 Å². The predicted octanol–water partition coefficient (Wildman–Crippen LogP) is 3.53. The van der Waals surface area contributed by atoms with Gasteiger partial charge in [-0.1, -0.05) is 12.1 Å². The molecule has 22 heavy (non-hydrogen) atoms. The van der Waals surface area contributed by atoms with E-state index < -0.39 is 23.8 Å². The van der Waals surface area contributed by atoms with Gasteiger partial charge in [0.1, 0.15) is 0 Å². The van der Waals surface area contributed by atoms with Crippen molar-refractivity contribution in [1.29, 1.82) is 0 Å². The predicted molar refractivity (Wildman–Crippen MR) is 80.6 cm³/mol. The standard InChI is InChI=1S/C15H19F3N2O.ClH/c1-9(19)14(21)20(13-6-7-13)10(2)11-4-3-5-12(8-11)15(16,17)18;/h3-5,8-10,13H,6-7,19H2,1-2H3;1H/t9-,10?;/m0./s1. The first-order valence-electron chi connectivity index (χ1n) is 6.96. The summed E-state index contributed by atoms with van der Waals surface area (Å²) in [4.78, 5) is 13.8. The largest absolute Gasteiger partial charge is 0.416 e. The Bertz CT molecular complexity index is 530. The summed E-state index contributed by atoms with van der Waals surface area (Å²) < 4.78 is 38.4. The van der Waals surface area contributed by atoms with Gasteiger partial charge in [-0.25, -0.2) is 0 Å². The maximum atomic E-state index is 12.8. The van der Waals surface area contributed by atoms with Gasteiger partial charge in [0.15, 0.2) is 0 Å². The van der Waals surface area contributed by atoms with E-state index in [1.54, 1.807) is 24.8 Å². The van der Waals surface area contributed by atoms with Crippen molar-refractivity contribution in [2.24, 2.45) is 5.73 Å². The van der Waals surface area contributed by atoms with Gasteiger partial charge < -0.3 is 10.6 Å². The maximum Gasteiger partial charge on any atom is 0.416 e. The van der Waals surface area contributed by atoms with Crippen LogP contribution in [-0.2, 0) is 11.0 Å². The molecule has 1 unspecified atom stereocenters. The Morgan fingerprint density at radius 3 is 2.36 bits per heavy atom. The molecule has 7 heteroatoms. The Kier molecular flexibility index (Phi) is 5.87. The normalized spacial score (nSPS) is 17.4. The molecule has 1 saturated carbocycles. The summed E-state index contributed by atoms with van der Waals surface area (Å²) >= 11 is 0. The molecule has 0 heterocycles. The average Bonchev–Trinajstić information content (AvgIpc) is 3.22. The van der Waals surface area contributed by atoms with E-state index in [0.717, 1.165) is 25.0 Å². The van der Waals surface area contributed by atoms with Crippen molar-refractivity contribution in [3.8, 4) is 0 Å². The fraction of sp³-hybridized carbons (Fsp3) is 0.533. The van der Waals surface area contributed by atoms with Crippen LogP contribution >= 0.6 is 12.4 Å². The van der Waals surface area contributed by atoms with Crippen LogP contribution in [0.5, 0.6) is 0 Å². The molecular formula is C15H20ClF3N2O. The first-order valence-corrected chi connectivity index (χ1v) is 6.96. The third-order valence-electron chi connectivity index (χ3n) is 3.70. The number of nitrogens with two attached hydrogens (primary N) is 1. The summed E-state index contributed by atoms with van der Waals surface area (Å²) in [5, 5.41) is 0. The van der Waals surface area contributed by atoms with E-state index in [2.05, 4.69) is 0 Å². The highest BCUT2D eigenvalue weighted by atomic mass is 35.5. The molecule has 1 fully saturated rings. The maximum absolute atomic E-state index is 12.8. The molecule has 2 rings (SSSR count). The van der Waals surface area contributed by atoms with Gasteiger partial charge in [0.05, 0.1) is 17.6 Å². The van der Waals surface area contributed by atoms with Gasteiger partial charge in [0.2, 0.25) is 5.91 Å². The molecule has 2 N–H and O–H groups in total. The Morgan fingerprint density at radius 2 is 1.91 bits per heavy atom. The number of nitrogens with zero attached hydrogens (tertiary/aromatic N) is 1. The highest BCUT2D eigenvalue weighted by Crippen LogP contribution is 2.36. The minimum Gasteiger partial charge on any atom is -0.332 e. The van der Waals surface area contributed by atoms with Crippen LogP contribution < -0.4 is 5.73 Å². The van der Waals surface area contributed by atoms with Crippen LogP contribution in [0.1, 0.15) is 43.9 Å². The Hall–Kier alpha value is -1.27. The fourth-order valence-electron chi connectivity index (χ4n) is 2.41. The number of hydrogen-bond donors (Lipinski definition) is 1. The van der Waals surface area contributed by atoms with Gasteiger partial charge in [-0.2, -0.15) is 13.2 Å². The van der Waals surface area contributed by atoms with Gasteiger partial charge in [-0.15, -0.1) is 12.4 Å². The minimum atomic E-state index is -4.38. The second-order valence-corrected chi connectivity index (χ2v) is 5.56. The van der Waals surface area contributed by atoms with E-state index >= 15 is 0 Å². The molecule has 0 bridgehead atoms. The first kappa shape index (κ1) is 18.8. The summed E-state index contributed by atoms with van der Waals surface area (Å²) in [6, 6.07) is 4.14. The van der Waals surface area contributed by atoms with Crippen molar-refractivity contribution in [3.63, 3.8) is 0 Å². The molecule has 1 aliphatic carbocycles. The lowest BCUT2D eigenvalue weighted by Gasteiger charge is -2.31. The van der Waals surface area contributed by atoms with Crippen molar-refractivity contribution in [1.82, 2.24) is 4.90 Å². The average molecular weight is 337 g/mol. The van der Waals surface area contributed by atoms with Gasteiger partial charge in [0.25, 0.3) is 0 Å². The molecule has 1 amide bonds. The molecule has 1 aromatic carbocycles. The van der Waals surface area contributed by atoms with E-state index in [4.69, 9.17) is 5.73 Å². The quantitative estimate of drug-likeness (QED) is 0.914. The number of benzene rings is 1. The Morgan fingerprint density at radius 1 is 1.32 bits per heavy atom. The number of rotatable bonds is 4. The smallest absolute Gasteiger partial charge is 0.332 e. The zero-order valence-electron chi connectivity index (χ0n) is 12.4. The molecule has 0 spiro atoms. The molecule has 0 radical (unpaired) electrons. The zero-order chi connectivity index (χ0) is 15.8. The highest BCUT2D eigenvalue weighted by molar-refractivity contribution is 5.85. The van der Waals surface area contributed by atoms with E-state index in [1.807, 2.05) is 0 Å². The molecule has 124 valence electrons. The Labute approximate surface area is 134 Å². The molecule has 0 aromatic heterocycles. The summed E-state index contributed by atoms with van der Waals surface area (Å²) in [6.45, 7) is 3.34. The molecule has 0 saturated heterocycles. The van der Waals surface area contributed by atoms with E-state index in [0.29, 0.717) is 5.56 Å². The van der Waals surface area contributed by atoms with Crippen LogP contribution in [0, 0.1) is 0 Å². The summed E-state index contributed by atoms with van der Waals surface area (Å²) in [5.74, 6) is -0.220. The van der Waals surface area contributed by atoms with Crippen LogP contribution in [0.25, 0.3) is 0 Å².